The van der Waals surface area contributed by atoms with Crippen LogP contribution >= 0.6 is 0 Å². The average molecular weight is 332 g/mol. The Balaban J connectivity index is 1.89. The molecule has 1 aromatic carbocycles. The van der Waals surface area contributed by atoms with Crippen LogP contribution in [0.15, 0.2) is 29.3 Å². The number of hydrogen-bond acceptors (Lipinski definition) is 4. The molecule has 1 fully saturated rings. The molecule has 0 aliphatic carbocycles. The number of nitrogens with zero attached hydrogens (tertiary/aromatic N) is 3. The van der Waals surface area contributed by atoms with Crippen molar-refractivity contribution in [1.82, 2.24) is 10.2 Å². The Morgan fingerprint density at radius 2 is 2.08 bits per heavy atom. The second-order valence-electron chi connectivity index (χ2n) is 6.25. The number of carbonyl (C=O) groups is 1. The first-order chi connectivity index (χ1) is 11.5. The van der Waals surface area contributed by atoms with Gasteiger partial charge < -0.3 is 19.9 Å². The van der Waals surface area contributed by atoms with E-state index in [-0.39, 0.29) is 11.9 Å². The molecule has 24 heavy (non-hydrogen) atoms. The van der Waals surface area contributed by atoms with Crippen LogP contribution in [0.1, 0.15) is 18.4 Å². The van der Waals surface area contributed by atoms with Crippen LogP contribution in [0.25, 0.3) is 0 Å². The molecule has 0 saturated carbocycles. The van der Waals surface area contributed by atoms with Crippen molar-refractivity contribution in [2.24, 2.45) is 10.9 Å². The standard InChI is InChI=1S/C18H28N4O2/c1-19-18(22-10-8-15(9-11-22)17(23)24-4)20-13-14-6-5-7-16(12-14)21(2)3/h5-7,12,15H,8-11,13H2,1-4H3,(H,19,20). The van der Waals surface area contributed by atoms with Gasteiger partial charge in [-0.3, -0.25) is 9.79 Å². The number of aliphatic imine (C=N–C) groups is 1. The monoisotopic (exact) mass is 332 g/mol. The van der Waals surface area contributed by atoms with E-state index in [1.807, 2.05) is 14.1 Å². The van der Waals surface area contributed by atoms with E-state index in [9.17, 15) is 4.79 Å². The first-order valence-electron chi connectivity index (χ1n) is 8.35. The highest BCUT2D eigenvalue weighted by Gasteiger charge is 2.26. The van der Waals surface area contributed by atoms with Gasteiger partial charge in [0, 0.05) is 46.5 Å². The predicted molar refractivity (Wildman–Crippen MR) is 97.3 cm³/mol. The molecule has 1 N–H and O–H groups in total. The Labute approximate surface area is 144 Å². The van der Waals surface area contributed by atoms with Crippen molar-refractivity contribution in [2.45, 2.75) is 19.4 Å². The number of hydrogen-bond donors (Lipinski definition) is 1. The normalized spacial score (nSPS) is 16.0. The summed E-state index contributed by atoms with van der Waals surface area (Å²) in [7, 11) is 7.33. The number of piperidine rings is 1. The lowest BCUT2D eigenvalue weighted by Gasteiger charge is -2.33. The molecule has 0 radical (unpaired) electrons. The smallest absolute Gasteiger partial charge is 0.308 e. The van der Waals surface area contributed by atoms with E-state index >= 15 is 0 Å². The van der Waals surface area contributed by atoms with Gasteiger partial charge in [-0.2, -0.15) is 0 Å². The fraction of sp³-hybridized carbons (Fsp3) is 0.556. The minimum absolute atomic E-state index is 0.0149. The number of rotatable bonds is 4. The van der Waals surface area contributed by atoms with Gasteiger partial charge in [0.15, 0.2) is 5.96 Å². The molecule has 1 heterocycles. The van der Waals surface area contributed by atoms with E-state index < -0.39 is 0 Å². The summed E-state index contributed by atoms with van der Waals surface area (Å²) >= 11 is 0. The van der Waals surface area contributed by atoms with Crippen LogP contribution in [0.4, 0.5) is 5.69 Å². The Morgan fingerprint density at radius 1 is 1.38 bits per heavy atom. The predicted octanol–water partition coefficient (Wildman–Crippen LogP) is 1.71. The molecule has 1 saturated heterocycles. The maximum Gasteiger partial charge on any atom is 0.308 e. The largest absolute Gasteiger partial charge is 0.469 e. The number of anilines is 1. The number of benzene rings is 1. The average Bonchev–Trinajstić information content (AvgIpc) is 2.62. The van der Waals surface area contributed by atoms with Crippen molar-refractivity contribution >= 4 is 17.6 Å². The molecule has 6 heteroatoms. The number of likely N-dealkylation sites (tertiary alicyclic amines) is 1. The quantitative estimate of drug-likeness (QED) is 0.517. The minimum atomic E-state index is -0.0990. The van der Waals surface area contributed by atoms with Crippen LogP contribution < -0.4 is 10.2 Å². The first kappa shape index (κ1) is 18.1. The molecule has 1 aliphatic heterocycles. The summed E-state index contributed by atoms with van der Waals surface area (Å²) in [6, 6.07) is 8.44. The second-order valence-corrected chi connectivity index (χ2v) is 6.25. The van der Waals surface area contributed by atoms with Gasteiger partial charge >= 0.3 is 5.97 Å². The second kappa shape index (κ2) is 8.57. The molecule has 0 spiro atoms. The van der Waals surface area contributed by atoms with Crippen molar-refractivity contribution in [3.05, 3.63) is 29.8 Å². The third-order valence-corrected chi connectivity index (χ3v) is 4.42. The van der Waals surface area contributed by atoms with Crippen LogP contribution in [-0.2, 0) is 16.1 Å². The summed E-state index contributed by atoms with van der Waals surface area (Å²) in [5, 5.41) is 3.42. The van der Waals surface area contributed by atoms with Crippen molar-refractivity contribution in [2.75, 3.05) is 46.2 Å². The highest BCUT2D eigenvalue weighted by atomic mass is 16.5. The van der Waals surface area contributed by atoms with Crippen LogP contribution in [0.5, 0.6) is 0 Å². The molecular weight excluding hydrogens is 304 g/mol. The van der Waals surface area contributed by atoms with Crippen molar-refractivity contribution in [1.29, 1.82) is 0 Å². The number of ether oxygens (including phenoxy) is 1. The van der Waals surface area contributed by atoms with Crippen LogP contribution in [0, 0.1) is 5.92 Å². The molecule has 0 amide bonds. The van der Waals surface area contributed by atoms with Crippen molar-refractivity contribution < 1.29 is 9.53 Å². The number of carbonyl (C=O) groups excluding carboxylic acids is 1. The van der Waals surface area contributed by atoms with E-state index in [2.05, 4.69) is 44.4 Å². The number of guanidine groups is 1. The van der Waals surface area contributed by atoms with Gasteiger partial charge in [0.2, 0.25) is 0 Å². The summed E-state index contributed by atoms with van der Waals surface area (Å²) in [4.78, 5) is 20.3. The van der Waals surface area contributed by atoms with Crippen LogP contribution in [0.3, 0.4) is 0 Å². The zero-order valence-electron chi connectivity index (χ0n) is 15.1. The fourth-order valence-corrected chi connectivity index (χ4v) is 2.95. The lowest BCUT2D eigenvalue weighted by molar-refractivity contribution is -0.146. The first-order valence-corrected chi connectivity index (χ1v) is 8.35. The van der Waals surface area contributed by atoms with E-state index in [1.165, 1.54) is 18.4 Å². The Hall–Kier alpha value is -2.24. The summed E-state index contributed by atoms with van der Waals surface area (Å²) in [6.45, 7) is 2.36. The van der Waals surface area contributed by atoms with Gasteiger partial charge in [0.1, 0.15) is 0 Å². The summed E-state index contributed by atoms with van der Waals surface area (Å²) in [6.07, 6.45) is 1.62. The SMILES string of the molecule is CN=C(NCc1cccc(N(C)C)c1)N1CCC(C(=O)OC)CC1. The van der Waals surface area contributed by atoms with E-state index in [4.69, 9.17) is 4.74 Å². The lowest BCUT2D eigenvalue weighted by Crippen LogP contribution is -2.46. The number of esters is 1. The Kier molecular flexibility index (Phi) is 6.46. The van der Waals surface area contributed by atoms with E-state index in [0.717, 1.165) is 38.4 Å². The third kappa shape index (κ3) is 4.63. The van der Waals surface area contributed by atoms with Gasteiger partial charge in [0.05, 0.1) is 13.0 Å². The van der Waals surface area contributed by atoms with Crippen LogP contribution in [0.2, 0.25) is 0 Å². The molecular formula is C18H28N4O2. The maximum absolute atomic E-state index is 11.6. The topological polar surface area (TPSA) is 57.2 Å². The number of methoxy groups -OCH3 is 1. The Morgan fingerprint density at radius 3 is 2.67 bits per heavy atom. The van der Waals surface area contributed by atoms with Gasteiger partial charge in [-0.1, -0.05) is 12.1 Å². The molecule has 2 rings (SSSR count). The zero-order valence-corrected chi connectivity index (χ0v) is 15.1. The van der Waals surface area contributed by atoms with E-state index in [1.54, 1.807) is 7.05 Å². The summed E-state index contributed by atoms with van der Waals surface area (Å²) in [5.74, 6) is 0.799. The van der Waals surface area contributed by atoms with Gasteiger partial charge in [-0.05, 0) is 30.5 Å². The maximum atomic E-state index is 11.6. The highest BCUT2D eigenvalue weighted by Crippen LogP contribution is 2.19. The third-order valence-electron chi connectivity index (χ3n) is 4.42. The van der Waals surface area contributed by atoms with Gasteiger partial charge in [-0.25, -0.2) is 0 Å². The fourth-order valence-electron chi connectivity index (χ4n) is 2.95. The van der Waals surface area contributed by atoms with Crippen molar-refractivity contribution in [3.8, 4) is 0 Å². The lowest BCUT2D eigenvalue weighted by atomic mass is 9.97. The molecule has 132 valence electrons. The molecule has 1 aliphatic rings. The van der Waals surface area contributed by atoms with Gasteiger partial charge in [0.25, 0.3) is 0 Å². The minimum Gasteiger partial charge on any atom is -0.469 e. The molecule has 0 aromatic heterocycles. The van der Waals surface area contributed by atoms with Gasteiger partial charge in [-0.15, -0.1) is 0 Å². The summed E-state index contributed by atoms with van der Waals surface area (Å²) < 4.78 is 4.84. The number of nitrogens with one attached hydrogen (secondary N) is 1. The van der Waals surface area contributed by atoms with E-state index in [0.29, 0.717) is 0 Å². The molecule has 0 atom stereocenters. The molecule has 6 nitrogen and oxygen atoms in total. The van der Waals surface area contributed by atoms with Crippen molar-refractivity contribution in [3.63, 3.8) is 0 Å². The molecule has 1 aromatic rings. The highest BCUT2D eigenvalue weighted by molar-refractivity contribution is 5.80. The Bertz CT molecular complexity index is 578. The molecule has 0 unspecified atom stereocenters. The molecule has 0 bridgehead atoms. The zero-order chi connectivity index (χ0) is 17.5. The summed E-state index contributed by atoms with van der Waals surface area (Å²) in [5.41, 5.74) is 2.40. The van der Waals surface area contributed by atoms with Crippen LogP contribution in [-0.4, -0.2) is 58.2 Å².